The Bertz CT molecular complexity index is 1090. The molecule has 0 saturated heterocycles. The van der Waals surface area contributed by atoms with Crippen LogP contribution in [0.2, 0.25) is 0 Å². The van der Waals surface area contributed by atoms with E-state index >= 15 is 0 Å². The second kappa shape index (κ2) is 6.54. The fraction of sp³-hybridized carbons (Fsp3) is 0.389. The van der Waals surface area contributed by atoms with Gasteiger partial charge in [-0.15, -0.1) is 0 Å². The number of rotatable bonds is 5. The summed E-state index contributed by atoms with van der Waals surface area (Å²) >= 11 is 0. The zero-order valence-electron chi connectivity index (χ0n) is 15.0. The molecule has 4 rings (SSSR count). The molecule has 0 bridgehead atoms. The molecule has 1 N–H and O–H groups in total. The number of aromatic nitrogens is 4. The van der Waals surface area contributed by atoms with Crippen LogP contribution in [0.15, 0.2) is 35.4 Å². The number of H-pyrrole nitrogens is 1. The monoisotopic (exact) mass is 393 g/mol. The highest BCUT2D eigenvalue weighted by Gasteiger charge is 2.30. The second-order valence-corrected chi connectivity index (χ2v) is 7.01. The molecule has 1 aromatic carbocycles. The van der Waals surface area contributed by atoms with E-state index < -0.39 is 12.7 Å². The van der Waals surface area contributed by atoms with Gasteiger partial charge in [0.05, 0.1) is 17.6 Å². The van der Waals surface area contributed by atoms with Crippen LogP contribution in [0.1, 0.15) is 35.1 Å². The molecule has 0 unspecified atom stereocenters. The average Bonchev–Trinajstić information content (AvgIpc) is 3.27. The number of hydrogen-bond donors (Lipinski definition) is 1. The molecule has 1 amide bonds. The van der Waals surface area contributed by atoms with Gasteiger partial charge >= 0.3 is 11.9 Å². The first-order valence-corrected chi connectivity index (χ1v) is 8.79. The molecule has 148 valence electrons. The first kappa shape index (κ1) is 18.3. The summed E-state index contributed by atoms with van der Waals surface area (Å²) in [7, 11) is 1.50. The molecule has 3 aromatic rings. The van der Waals surface area contributed by atoms with E-state index in [4.69, 9.17) is 0 Å². The van der Waals surface area contributed by atoms with Crippen LogP contribution < -0.4 is 5.69 Å². The van der Waals surface area contributed by atoms with E-state index in [0.717, 1.165) is 17.4 Å². The summed E-state index contributed by atoms with van der Waals surface area (Å²) in [6, 6.07) is 5.06. The standard InChI is InChI=1S/C18H18F3N5O2/c1-24(9-15-22-6-7-25(15)10-18(19,20)21)16(27)11-2-5-13-14(8-11)26(12-3-4-12)17(28)23-13/h2,5-8,12H,3-4,9-10H2,1H3,(H,23,28). The Kier molecular flexibility index (Phi) is 4.28. The molecule has 2 aromatic heterocycles. The molecule has 0 spiro atoms. The van der Waals surface area contributed by atoms with Crippen molar-refractivity contribution in [1.82, 2.24) is 24.0 Å². The maximum Gasteiger partial charge on any atom is 0.406 e. The van der Waals surface area contributed by atoms with Crippen LogP contribution in [-0.4, -0.2) is 43.1 Å². The molecule has 0 atom stereocenters. The van der Waals surface area contributed by atoms with E-state index in [1.807, 2.05) is 0 Å². The average molecular weight is 393 g/mol. The first-order chi connectivity index (χ1) is 13.2. The third kappa shape index (κ3) is 3.54. The summed E-state index contributed by atoms with van der Waals surface area (Å²) in [4.78, 5) is 32.9. The molecule has 10 heteroatoms. The topological polar surface area (TPSA) is 75.9 Å². The summed E-state index contributed by atoms with van der Waals surface area (Å²) in [5, 5.41) is 0. The lowest BCUT2D eigenvalue weighted by Gasteiger charge is -2.18. The van der Waals surface area contributed by atoms with Gasteiger partial charge in [-0.05, 0) is 31.0 Å². The zero-order chi connectivity index (χ0) is 20.1. The predicted molar refractivity (Wildman–Crippen MR) is 94.9 cm³/mol. The third-order valence-electron chi connectivity index (χ3n) is 4.75. The first-order valence-electron chi connectivity index (χ1n) is 8.79. The summed E-state index contributed by atoms with van der Waals surface area (Å²) in [5.74, 6) is -0.217. The Morgan fingerprint density at radius 3 is 2.79 bits per heavy atom. The number of imidazole rings is 2. The highest BCUT2D eigenvalue weighted by atomic mass is 19.4. The van der Waals surface area contributed by atoms with Gasteiger partial charge in [0.2, 0.25) is 0 Å². The van der Waals surface area contributed by atoms with E-state index in [-0.39, 0.29) is 30.0 Å². The minimum absolute atomic E-state index is 0.0669. The van der Waals surface area contributed by atoms with Gasteiger partial charge < -0.3 is 14.5 Å². The zero-order valence-corrected chi connectivity index (χ0v) is 15.0. The minimum atomic E-state index is -4.37. The molecular weight excluding hydrogens is 375 g/mol. The Hall–Kier alpha value is -3.04. The van der Waals surface area contributed by atoms with E-state index in [0.29, 0.717) is 16.6 Å². The maximum atomic E-state index is 12.8. The van der Waals surface area contributed by atoms with Crippen LogP contribution >= 0.6 is 0 Å². The summed E-state index contributed by atoms with van der Waals surface area (Å²) in [6.45, 7) is -1.23. The van der Waals surface area contributed by atoms with Crippen molar-refractivity contribution in [1.29, 1.82) is 0 Å². The van der Waals surface area contributed by atoms with Crippen molar-refractivity contribution in [2.45, 2.75) is 38.1 Å². The highest BCUT2D eigenvalue weighted by molar-refractivity contribution is 5.97. The van der Waals surface area contributed by atoms with E-state index in [1.54, 1.807) is 22.8 Å². The van der Waals surface area contributed by atoms with Gasteiger partial charge in [0.1, 0.15) is 12.4 Å². The number of fused-ring (bicyclic) bond motifs is 1. The van der Waals surface area contributed by atoms with Crippen LogP contribution in [0, 0.1) is 0 Å². The molecule has 1 saturated carbocycles. The molecular formula is C18H18F3N5O2. The lowest BCUT2D eigenvalue weighted by atomic mass is 10.1. The van der Waals surface area contributed by atoms with E-state index in [9.17, 15) is 22.8 Å². The van der Waals surface area contributed by atoms with E-state index in [2.05, 4.69) is 9.97 Å². The molecule has 7 nitrogen and oxygen atoms in total. The summed E-state index contributed by atoms with van der Waals surface area (Å²) < 4.78 is 40.6. The predicted octanol–water partition coefficient (Wildman–Crippen LogP) is 2.70. The SMILES string of the molecule is CN(Cc1nccn1CC(F)(F)F)C(=O)c1ccc2[nH]c(=O)n(C3CC3)c2c1. The molecule has 0 radical (unpaired) electrons. The number of carbonyl (C=O) groups excluding carboxylic acids is 1. The van der Waals surface area contributed by atoms with Gasteiger partial charge in [-0.3, -0.25) is 9.36 Å². The molecule has 1 aliphatic carbocycles. The Morgan fingerprint density at radius 1 is 1.36 bits per heavy atom. The van der Waals surface area contributed by atoms with E-state index in [1.165, 1.54) is 24.3 Å². The minimum Gasteiger partial charge on any atom is -0.334 e. The smallest absolute Gasteiger partial charge is 0.334 e. The highest BCUT2D eigenvalue weighted by Crippen LogP contribution is 2.35. The van der Waals surface area contributed by atoms with Gasteiger partial charge in [0, 0.05) is 31.0 Å². The number of benzene rings is 1. The Balaban J connectivity index is 1.57. The van der Waals surface area contributed by atoms with Gasteiger partial charge in [-0.25, -0.2) is 9.78 Å². The molecule has 1 fully saturated rings. The van der Waals surface area contributed by atoms with Gasteiger partial charge in [0.25, 0.3) is 5.91 Å². The number of halogens is 3. The number of nitrogens with zero attached hydrogens (tertiary/aromatic N) is 4. The number of nitrogens with one attached hydrogen (secondary N) is 1. The molecule has 0 aliphatic heterocycles. The lowest BCUT2D eigenvalue weighted by molar-refractivity contribution is -0.141. The Morgan fingerprint density at radius 2 is 2.11 bits per heavy atom. The molecule has 1 aliphatic rings. The van der Waals surface area contributed by atoms with Crippen molar-refractivity contribution in [3.8, 4) is 0 Å². The molecule has 28 heavy (non-hydrogen) atoms. The normalized spacial score (nSPS) is 14.6. The van der Waals surface area contributed by atoms with Gasteiger partial charge in [0.15, 0.2) is 0 Å². The Labute approximate surface area is 157 Å². The number of alkyl halides is 3. The van der Waals surface area contributed by atoms with Crippen molar-refractivity contribution >= 4 is 16.9 Å². The van der Waals surface area contributed by atoms with Crippen molar-refractivity contribution in [2.75, 3.05) is 7.05 Å². The molecule has 2 heterocycles. The third-order valence-corrected chi connectivity index (χ3v) is 4.75. The fourth-order valence-electron chi connectivity index (χ4n) is 3.28. The maximum absolute atomic E-state index is 12.8. The number of amides is 1. The van der Waals surface area contributed by atoms with Crippen molar-refractivity contribution in [3.63, 3.8) is 0 Å². The lowest BCUT2D eigenvalue weighted by Crippen LogP contribution is -2.29. The van der Waals surface area contributed by atoms with Crippen LogP contribution in [0.25, 0.3) is 11.0 Å². The van der Waals surface area contributed by atoms with Crippen molar-refractivity contribution in [3.05, 3.63) is 52.5 Å². The summed E-state index contributed by atoms with van der Waals surface area (Å²) in [5.41, 5.74) is 1.46. The van der Waals surface area contributed by atoms with Crippen molar-refractivity contribution < 1.29 is 18.0 Å². The van der Waals surface area contributed by atoms with Gasteiger partial charge in [-0.2, -0.15) is 13.2 Å². The quantitative estimate of drug-likeness (QED) is 0.724. The second-order valence-electron chi connectivity index (χ2n) is 7.01. The largest absolute Gasteiger partial charge is 0.406 e. The van der Waals surface area contributed by atoms with Crippen LogP contribution in [0.3, 0.4) is 0 Å². The number of carbonyl (C=O) groups is 1. The van der Waals surface area contributed by atoms with Gasteiger partial charge in [-0.1, -0.05) is 0 Å². The van der Waals surface area contributed by atoms with Crippen LogP contribution in [0.4, 0.5) is 13.2 Å². The van der Waals surface area contributed by atoms with Crippen LogP contribution in [-0.2, 0) is 13.1 Å². The number of hydrogen-bond acceptors (Lipinski definition) is 3. The fourth-order valence-corrected chi connectivity index (χ4v) is 3.28. The number of aromatic amines is 1. The summed E-state index contributed by atoms with van der Waals surface area (Å²) in [6.07, 6.45) is -0.00959. The van der Waals surface area contributed by atoms with Crippen molar-refractivity contribution in [2.24, 2.45) is 0 Å². The van der Waals surface area contributed by atoms with Crippen LogP contribution in [0.5, 0.6) is 0 Å².